The van der Waals surface area contributed by atoms with Gasteiger partial charge in [-0.3, -0.25) is 4.79 Å². The van der Waals surface area contributed by atoms with Gasteiger partial charge in [0.15, 0.2) is 6.61 Å². The molecule has 1 saturated carbocycles. The summed E-state index contributed by atoms with van der Waals surface area (Å²) in [6, 6.07) is 7.62. The Labute approximate surface area is 108 Å². The third-order valence-electron chi connectivity index (χ3n) is 3.31. The molecule has 1 aliphatic rings. The first-order valence-corrected chi connectivity index (χ1v) is 6.49. The molecule has 1 fully saturated rings. The van der Waals surface area contributed by atoms with E-state index in [1.54, 1.807) is 0 Å². The minimum Gasteiger partial charge on any atom is -0.484 e. The molecule has 1 aromatic carbocycles. The molecule has 0 bridgehead atoms. The summed E-state index contributed by atoms with van der Waals surface area (Å²) in [7, 11) is 0. The van der Waals surface area contributed by atoms with Crippen LogP contribution >= 0.6 is 0 Å². The van der Waals surface area contributed by atoms with Crippen molar-refractivity contribution in [3.8, 4) is 5.75 Å². The Kier molecular flexibility index (Phi) is 4.45. The van der Waals surface area contributed by atoms with Crippen molar-refractivity contribution < 1.29 is 9.53 Å². The van der Waals surface area contributed by atoms with Gasteiger partial charge < -0.3 is 15.8 Å². The number of anilines is 1. The highest BCUT2D eigenvalue weighted by molar-refractivity contribution is 5.75. The maximum Gasteiger partial charge on any atom is 0.255 e. The van der Waals surface area contributed by atoms with Crippen molar-refractivity contribution in [3.05, 3.63) is 24.3 Å². The maximum atomic E-state index is 10.6. The molecular weight excluding hydrogens is 228 g/mol. The van der Waals surface area contributed by atoms with Crippen molar-refractivity contribution in [2.45, 2.75) is 25.7 Å². The minimum absolute atomic E-state index is 0.0746. The van der Waals surface area contributed by atoms with Crippen LogP contribution in [0.15, 0.2) is 24.3 Å². The summed E-state index contributed by atoms with van der Waals surface area (Å²) >= 11 is 0. The molecule has 1 aromatic rings. The molecule has 2 rings (SSSR count). The van der Waals surface area contributed by atoms with E-state index in [2.05, 4.69) is 5.32 Å². The molecule has 4 nitrogen and oxygen atoms in total. The van der Waals surface area contributed by atoms with E-state index in [1.807, 2.05) is 24.3 Å². The van der Waals surface area contributed by atoms with Crippen LogP contribution in [0.4, 0.5) is 5.69 Å². The summed E-state index contributed by atoms with van der Waals surface area (Å²) < 4.78 is 5.20. The van der Waals surface area contributed by atoms with E-state index in [4.69, 9.17) is 10.5 Å². The predicted octanol–water partition coefficient (Wildman–Crippen LogP) is 2.15. The second-order valence-corrected chi connectivity index (χ2v) is 4.81. The number of rotatable bonds is 6. The Morgan fingerprint density at radius 1 is 1.28 bits per heavy atom. The van der Waals surface area contributed by atoms with Gasteiger partial charge in [0.1, 0.15) is 5.75 Å². The van der Waals surface area contributed by atoms with Crippen LogP contribution in [0.1, 0.15) is 25.7 Å². The first kappa shape index (κ1) is 12.7. The second kappa shape index (κ2) is 6.28. The summed E-state index contributed by atoms with van der Waals surface area (Å²) in [5.74, 6) is 1.02. The molecule has 1 amide bonds. The van der Waals surface area contributed by atoms with E-state index >= 15 is 0 Å². The van der Waals surface area contributed by atoms with Crippen LogP contribution in [-0.4, -0.2) is 19.1 Å². The summed E-state index contributed by atoms with van der Waals surface area (Å²) in [5.41, 5.74) is 6.10. The number of hydrogen-bond acceptors (Lipinski definition) is 3. The van der Waals surface area contributed by atoms with E-state index in [9.17, 15) is 4.79 Å². The van der Waals surface area contributed by atoms with Crippen LogP contribution in [0.2, 0.25) is 0 Å². The Morgan fingerprint density at radius 3 is 2.56 bits per heavy atom. The zero-order valence-electron chi connectivity index (χ0n) is 10.5. The van der Waals surface area contributed by atoms with Crippen LogP contribution in [0.3, 0.4) is 0 Å². The van der Waals surface area contributed by atoms with E-state index in [0.717, 1.165) is 18.2 Å². The average Bonchev–Trinajstić information content (AvgIpc) is 2.88. The number of nitrogens with two attached hydrogens (primary N) is 1. The molecule has 0 heterocycles. The lowest BCUT2D eigenvalue weighted by molar-refractivity contribution is -0.119. The Balaban J connectivity index is 1.77. The van der Waals surface area contributed by atoms with Gasteiger partial charge in [0.05, 0.1) is 0 Å². The molecule has 0 atom stereocenters. The van der Waals surface area contributed by atoms with Crippen molar-refractivity contribution in [2.24, 2.45) is 11.7 Å². The van der Waals surface area contributed by atoms with Gasteiger partial charge in [0, 0.05) is 12.2 Å². The second-order valence-electron chi connectivity index (χ2n) is 4.81. The van der Waals surface area contributed by atoms with Gasteiger partial charge in [0.25, 0.3) is 5.91 Å². The van der Waals surface area contributed by atoms with Crippen LogP contribution in [-0.2, 0) is 4.79 Å². The fourth-order valence-corrected chi connectivity index (χ4v) is 2.30. The zero-order chi connectivity index (χ0) is 12.8. The summed E-state index contributed by atoms with van der Waals surface area (Å²) in [4.78, 5) is 10.6. The molecular formula is C14H20N2O2. The first-order chi connectivity index (χ1) is 8.74. The van der Waals surface area contributed by atoms with E-state index in [-0.39, 0.29) is 6.61 Å². The highest BCUT2D eigenvalue weighted by atomic mass is 16.5. The van der Waals surface area contributed by atoms with E-state index < -0.39 is 5.91 Å². The fraction of sp³-hybridized carbons (Fsp3) is 0.500. The van der Waals surface area contributed by atoms with Crippen molar-refractivity contribution >= 4 is 11.6 Å². The number of ether oxygens (including phenoxy) is 1. The van der Waals surface area contributed by atoms with Crippen LogP contribution < -0.4 is 15.8 Å². The van der Waals surface area contributed by atoms with Crippen LogP contribution in [0.25, 0.3) is 0 Å². The normalized spacial score (nSPS) is 15.6. The van der Waals surface area contributed by atoms with Gasteiger partial charge in [-0.1, -0.05) is 12.8 Å². The Bertz CT molecular complexity index is 383. The van der Waals surface area contributed by atoms with Gasteiger partial charge in [-0.2, -0.15) is 0 Å². The standard InChI is InChI=1S/C14H20N2O2/c15-14(17)10-18-13-7-5-12(6-8-13)16-9-11-3-1-2-4-11/h5-8,11,16H,1-4,9-10H2,(H2,15,17). The van der Waals surface area contributed by atoms with Gasteiger partial charge in [-0.25, -0.2) is 0 Å². The predicted molar refractivity (Wildman–Crippen MR) is 71.6 cm³/mol. The third kappa shape index (κ3) is 3.95. The average molecular weight is 248 g/mol. The van der Waals surface area contributed by atoms with Gasteiger partial charge in [0.2, 0.25) is 0 Å². The zero-order valence-corrected chi connectivity index (χ0v) is 10.5. The van der Waals surface area contributed by atoms with Gasteiger partial charge in [-0.15, -0.1) is 0 Å². The highest BCUT2D eigenvalue weighted by Crippen LogP contribution is 2.25. The fourth-order valence-electron chi connectivity index (χ4n) is 2.30. The van der Waals surface area contributed by atoms with Crippen molar-refractivity contribution in [2.75, 3.05) is 18.5 Å². The van der Waals surface area contributed by atoms with Crippen molar-refractivity contribution in [1.82, 2.24) is 0 Å². The van der Waals surface area contributed by atoms with Gasteiger partial charge in [-0.05, 0) is 43.0 Å². The summed E-state index contributed by atoms with van der Waals surface area (Å²) in [5, 5.41) is 3.43. The SMILES string of the molecule is NC(=O)COc1ccc(NCC2CCCC2)cc1. The molecule has 0 aromatic heterocycles. The number of nitrogens with one attached hydrogen (secondary N) is 1. The number of carbonyl (C=O) groups is 1. The molecule has 0 aliphatic heterocycles. The maximum absolute atomic E-state index is 10.6. The summed E-state index contributed by atoms with van der Waals surface area (Å²) in [6.07, 6.45) is 5.41. The smallest absolute Gasteiger partial charge is 0.255 e. The Hall–Kier alpha value is -1.71. The molecule has 18 heavy (non-hydrogen) atoms. The molecule has 4 heteroatoms. The number of hydrogen-bond donors (Lipinski definition) is 2. The lowest BCUT2D eigenvalue weighted by Crippen LogP contribution is -2.20. The monoisotopic (exact) mass is 248 g/mol. The lowest BCUT2D eigenvalue weighted by atomic mass is 10.1. The first-order valence-electron chi connectivity index (χ1n) is 6.49. The molecule has 0 unspecified atom stereocenters. The van der Waals surface area contributed by atoms with Gasteiger partial charge >= 0.3 is 0 Å². The highest BCUT2D eigenvalue weighted by Gasteiger charge is 2.14. The Morgan fingerprint density at radius 2 is 1.94 bits per heavy atom. The number of amides is 1. The van der Waals surface area contributed by atoms with E-state index in [1.165, 1.54) is 25.7 Å². The summed E-state index contributed by atoms with van der Waals surface area (Å²) in [6.45, 7) is 0.969. The third-order valence-corrected chi connectivity index (χ3v) is 3.31. The topological polar surface area (TPSA) is 64.4 Å². The molecule has 3 N–H and O–H groups in total. The quantitative estimate of drug-likeness (QED) is 0.810. The van der Waals surface area contributed by atoms with Crippen LogP contribution in [0.5, 0.6) is 5.75 Å². The molecule has 0 saturated heterocycles. The number of benzene rings is 1. The van der Waals surface area contributed by atoms with Crippen molar-refractivity contribution in [3.63, 3.8) is 0 Å². The lowest BCUT2D eigenvalue weighted by Gasteiger charge is -2.12. The largest absolute Gasteiger partial charge is 0.484 e. The minimum atomic E-state index is -0.460. The molecule has 98 valence electrons. The van der Waals surface area contributed by atoms with E-state index in [0.29, 0.717) is 5.75 Å². The number of carbonyl (C=O) groups excluding carboxylic acids is 1. The molecule has 1 aliphatic carbocycles. The van der Waals surface area contributed by atoms with Crippen molar-refractivity contribution in [1.29, 1.82) is 0 Å². The molecule has 0 radical (unpaired) electrons. The number of primary amides is 1. The van der Waals surface area contributed by atoms with Crippen LogP contribution in [0, 0.1) is 5.92 Å². The molecule has 0 spiro atoms.